The van der Waals surface area contributed by atoms with Crippen LogP contribution in [-0.2, 0) is 0 Å². The van der Waals surface area contributed by atoms with E-state index in [1.807, 2.05) is 10.6 Å². The van der Waals surface area contributed by atoms with Crippen LogP contribution in [0.25, 0.3) is 11.0 Å². The quantitative estimate of drug-likeness (QED) is 0.825. The van der Waals surface area contributed by atoms with E-state index in [0.717, 1.165) is 37.6 Å². The van der Waals surface area contributed by atoms with Gasteiger partial charge in [-0.2, -0.15) is 0 Å². The lowest BCUT2D eigenvalue weighted by Gasteiger charge is -2.22. The fourth-order valence-electron chi connectivity index (χ4n) is 3.09. The number of aliphatic hydroxyl groups excluding tert-OH is 1. The average molecular weight is 274 g/mol. The molecular formula is C15H18N2O3. The van der Waals surface area contributed by atoms with Gasteiger partial charge in [-0.1, -0.05) is 25.3 Å². The van der Waals surface area contributed by atoms with E-state index in [9.17, 15) is 15.0 Å². The first kappa shape index (κ1) is 13.1. The van der Waals surface area contributed by atoms with Gasteiger partial charge in [0.25, 0.3) is 0 Å². The van der Waals surface area contributed by atoms with Crippen molar-refractivity contribution in [2.45, 2.75) is 44.2 Å². The summed E-state index contributed by atoms with van der Waals surface area (Å²) in [5.41, 5.74) is 1.50. The largest absolute Gasteiger partial charge is 0.478 e. The number of benzene rings is 1. The van der Waals surface area contributed by atoms with Gasteiger partial charge in [-0.15, -0.1) is 0 Å². The van der Waals surface area contributed by atoms with Crippen LogP contribution in [0.3, 0.4) is 0 Å². The van der Waals surface area contributed by atoms with Gasteiger partial charge >= 0.3 is 5.97 Å². The molecule has 3 rings (SSSR count). The first-order chi connectivity index (χ1) is 9.68. The van der Waals surface area contributed by atoms with Crippen molar-refractivity contribution >= 4 is 17.0 Å². The molecule has 1 aromatic carbocycles. The van der Waals surface area contributed by atoms with Crippen molar-refractivity contribution in [3.63, 3.8) is 0 Å². The molecule has 5 heteroatoms. The molecular weight excluding hydrogens is 256 g/mol. The van der Waals surface area contributed by atoms with Gasteiger partial charge in [0.1, 0.15) is 5.52 Å². The van der Waals surface area contributed by atoms with E-state index in [0.29, 0.717) is 5.52 Å². The predicted molar refractivity (Wildman–Crippen MR) is 74.8 cm³/mol. The van der Waals surface area contributed by atoms with Crippen molar-refractivity contribution in [2.24, 2.45) is 0 Å². The number of rotatable bonds is 2. The topological polar surface area (TPSA) is 75.3 Å². The van der Waals surface area contributed by atoms with E-state index in [1.165, 1.54) is 0 Å². The zero-order valence-electron chi connectivity index (χ0n) is 11.2. The van der Waals surface area contributed by atoms with Crippen LogP contribution < -0.4 is 0 Å². The lowest BCUT2D eigenvalue weighted by Crippen LogP contribution is -2.22. The second kappa shape index (κ2) is 5.25. The van der Waals surface area contributed by atoms with Crippen molar-refractivity contribution in [3.8, 4) is 0 Å². The van der Waals surface area contributed by atoms with Crippen LogP contribution in [-0.4, -0.2) is 31.8 Å². The third-order valence-electron chi connectivity index (χ3n) is 4.14. The SMILES string of the molecule is O=C(O)c1cccc2c1ncn2C1CCCCCC1O. The van der Waals surface area contributed by atoms with Gasteiger partial charge in [-0.3, -0.25) is 0 Å². The molecule has 5 nitrogen and oxygen atoms in total. The molecule has 1 heterocycles. The Hall–Kier alpha value is -1.88. The van der Waals surface area contributed by atoms with Crippen LogP contribution in [0.15, 0.2) is 24.5 Å². The van der Waals surface area contributed by atoms with E-state index in [-0.39, 0.29) is 17.7 Å². The maximum Gasteiger partial charge on any atom is 0.337 e. The molecule has 0 bridgehead atoms. The molecule has 2 aromatic rings. The average Bonchev–Trinajstić information content (AvgIpc) is 2.74. The number of hydrogen-bond donors (Lipinski definition) is 2. The van der Waals surface area contributed by atoms with E-state index < -0.39 is 5.97 Å². The van der Waals surface area contributed by atoms with E-state index in [4.69, 9.17) is 0 Å². The molecule has 0 spiro atoms. The Labute approximate surface area is 116 Å². The van der Waals surface area contributed by atoms with Crippen LogP contribution in [0.5, 0.6) is 0 Å². The highest BCUT2D eigenvalue weighted by molar-refractivity contribution is 6.00. The highest BCUT2D eigenvalue weighted by Gasteiger charge is 2.25. The van der Waals surface area contributed by atoms with Crippen LogP contribution in [0.4, 0.5) is 0 Å². The molecule has 1 saturated carbocycles. The summed E-state index contributed by atoms with van der Waals surface area (Å²) in [6.07, 6.45) is 6.25. The number of aliphatic hydroxyl groups is 1. The summed E-state index contributed by atoms with van der Waals surface area (Å²) < 4.78 is 1.94. The fourth-order valence-corrected chi connectivity index (χ4v) is 3.09. The molecule has 1 fully saturated rings. The normalized spacial score (nSPS) is 23.6. The van der Waals surface area contributed by atoms with Crippen LogP contribution >= 0.6 is 0 Å². The molecule has 20 heavy (non-hydrogen) atoms. The van der Waals surface area contributed by atoms with Gasteiger partial charge in [-0.25, -0.2) is 9.78 Å². The Morgan fingerprint density at radius 1 is 1.25 bits per heavy atom. The number of aromatic carboxylic acids is 1. The number of carbonyl (C=O) groups is 1. The molecule has 0 amide bonds. The van der Waals surface area contributed by atoms with Gasteiger partial charge in [0, 0.05) is 0 Å². The summed E-state index contributed by atoms with van der Waals surface area (Å²) in [4.78, 5) is 15.5. The second-order valence-electron chi connectivity index (χ2n) is 5.40. The summed E-state index contributed by atoms with van der Waals surface area (Å²) in [7, 11) is 0. The van der Waals surface area contributed by atoms with Gasteiger partial charge in [0.2, 0.25) is 0 Å². The molecule has 2 atom stereocenters. The molecule has 0 aliphatic heterocycles. The monoisotopic (exact) mass is 274 g/mol. The summed E-state index contributed by atoms with van der Waals surface area (Å²) in [6, 6.07) is 5.15. The Bertz CT molecular complexity index is 635. The zero-order valence-corrected chi connectivity index (χ0v) is 11.2. The predicted octanol–water partition coefficient (Wildman–Crippen LogP) is 2.60. The van der Waals surface area contributed by atoms with Crippen LogP contribution in [0, 0.1) is 0 Å². The standard InChI is InChI=1S/C15H18N2O3/c18-13-8-3-1-2-6-11(13)17-9-16-14-10(15(19)20)5-4-7-12(14)17/h4-5,7,9,11,13,18H,1-3,6,8H2,(H,19,20). The Morgan fingerprint density at radius 3 is 2.85 bits per heavy atom. The van der Waals surface area contributed by atoms with Crippen LogP contribution in [0.2, 0.25) is 0 Å². The zero-order chi connectivity index (χ0) is 14.1. The van der Waals surface area contributed by atoms with Crippen molar-refractivity contribution in [2.75, 3.05) is 0 Å². The smallest absolute Gasteiger partial charge is 0.337 e. The van der Waals surface area contributed by atoms with Gasteiger partial charge in [0.15, 0.2) is 0 Å². The lowest BCUT2D eigenvalue weighted by molar-refractivity contribution is 0.0699. The third-order valence-corrected chi connectivity index (χ3v) is 4.14. The molecule has 106 valence electrons. The Kier molecular flexibility index (Phi) is 3.44. The minimum Gasteiger partial charge on any atom is -0.478 e. The van der Waals surface area contributed by atoms with E-state index in [2.05, 4.69) is 4.98 Å². The number of carboxylic acid groups (broad SMARTS) is 1. The lowest BCUT2D eigenvalue weighted by atomic mass is 10.1. The highest BCUT2D eigenvalue weighted by atomic mass is 16.4. The summed E-state index contributed by atoms with van der Waals surface area (Å²) >= 11 is 0. The molecule has 1 aliphatic rings. The number of hydrogen-bond acceptors (Lipinski definition) is 3. The van der Waals surface area contributed by atoms with Crippen molar-refractivity contribution < 1.29 is 15.0 Å². The molecule has 1 aliphatic carbocycles. The number of imidazole rings is 1. The Balaban J connectivity index is 2.08. The molecule has 2 N–H and O–H groups in total. The number of nitrogens with zero attached hydrogens (tertiary/aromatic N) is 2. The van der Waals surface area contributed by atoms with E-state index >= 15 is 0 Å². The van der Waals surface area contributed by atoms with E-state index in [1.54, 1.807) is 18.5 Å². The number of fused-ring (bicyclic) bond motifs is 1. The summed E-state index contributed by atoms with van der Waals surface area (Å²) in [5.74, 6) is -0.970. The Morgan fingerprint density at radius 2 is 2.05 bits per heavy atom. The number of carboxylic acids is 1. The number of aromatic nitrogens is 2. The van der Waals surface area contributed by atoms with Crippen LogP contribution in [0.1, 0.15) is 48.5 Å². The van der Waals surface area contributed by atoms with Gasteiger partial charge < -0.3 is 14.8 Å². The van der Waals surface area contributed by atoms with Gasteiger partial charge in [-0.05, 0) is 25.0 Å². The maximum atomic E-state index is 11.2. The van der Waals surface area contributed by atoms with Crippen molar-refractivity contribution in [3.05, 3.63) is 30.1 Å². The molecule has 0 radical (unpaired) electrons. The van der Waals surface area contributed by atoms with Crippen molar-refractivity contribution in [1.29, 1.82) is 0 Å². The molecule has 1 aromatic heterocycles. The molecule has 2 unspecified atom stereocenters. The number of para-hydroxylation sites is 1. The first-order valence-corrected chi connectivity index (χ1v) is 7.05. The second-order valence-corrected chi connectivity index (χ2v) is 5.40. The minimum atomic E-state index is -0.970. The van der Waals surface area contributed by atoms with Gasteiger partial charge in [0.05, 0.1) is 29.6 Å². The minimum absolute atomic E-state index is 0.00783. The van der Waals surface area contributed by atoms with Crippen molar-refractivity contribution in [1.82, 2.24) is 9.55 Å². The fraction of sp³-hybridized carbons (Fsp3) is 0.467. The molecule has 0 saturated heterocycles. The highest BCUT2D eigenvalue weighted by Crippen LogP contribution is 2.31. The maximum absolute atomic E-state index is 11.2. The summed E-state index contributed by atoms with van der Waals surface area (Å²) in [5, 5.41) is 19.5. The third kappa shape index (κ3) is 2.18. The summed E-state index contributed by atoms with van der Waals surface area (Å²) in [6.45, 7) is 0. The first-order valence-electron chi connectivity index (χ1n) is 7.05.